The number of anilines is 1. The highest BCUT2D eigenvalue weighted by Crippen LogP contribution is 2.40. The zero-order valence-corrected chi connectivity index (χ0v) is 14.4. The number of pyridine rings is 2. The summed E-state index contributed by atoms with van der Waals surface area (Å²) in [6.45, 7) is 6.91. The van der Waals surface area contributed by atoms with Crippen molar-refractivity contribution in [1.82, 2.24) is 9.97 Å². The van der Waals surface area contributed by atoms with Crippen LogP contribution in [0.1, 0.15) is 39.5 Å². The Labute approximate surface area is 134 Å². The van der Waals surface area contributed by atoms with Gasteiger partial charge in [0.25, 0.3) is 0 Å². The maximum absolute atomic E-state index is 4.58. The molecule has 1 aliphatic rings. The molecule has 0 spiro atoms. The fraction of sp³-hybridized carbons (Fsp3) is 0.529. The lowest BCUT2D eigenvalue weighted by atomic mass is 9.74. The van der Waals surface area contributed by atoms with E-state index in [1.165, 1.54) is 31.4 Å². The van der Waals surface area contributed by atoms with Crippen LogP contribution < -0.4 is 4.90 Å². The zero-order valence-electron chi connectivity index (χ0n) is 12.8. The van der Waals surface area contributed by atoms with Crippen molar-refractivity contribution in [3.8, 4) is 0 Å². The summed E-state index contributed by atoms with van der Waals surface area (Å²) in [6, 6.07) is 4.15. The Morgan fingerprint density at radius 2 is 1.90 bits per heavy atom. The second kappa shape index (κ2) is 5.91. The number of hydrogen-bond donors (Lipinski definition) is 0. The molecular formula is C17H22BrN3. The van der Waals surface area contributed by atoms with E-state index in [9.17, 15) is 0 Å². The summed E-state index contributed by atoms with van der Waals surface area (Å²) in [5, 5.41) is 0. The van der Waals surface area contributed by atoms with Gasteiger partial charge >= 0.3 is 0 Å². The molecule has 0 N–H and O–H groups in total. The summed E-state index contributed by atoms with van der Waals surface area (Å²) < 4.78 is 0.981. The standard InChI is InChI=1S/C17H22BrN3/c1-3-17(4-2)6-9-21(10-7-17)15-5-8-19-14-11-13(18)12-20-16(14)15/h5,8,11-12H,3-4,6-7,9-10H2,1-2H3. The molecule has 1 saturated heterocycles. The van der Waals surface area contributed by atoms with Crippen LogP contribution in [-0.2, 0) is 0 Å². The topological polar surface area (TPSA) is 29.0 Å². The minimum atomic E-state index is 0.551. The molecule has 2 aromatic heterocycles. The van der Waals surface area contributed by atoms with E-state index in [1.54, 1.807) is 0 Å². The summed E-state index contributed by atoms with van der Waals surface area (Å²) >= 11 is 3.47. The number of rotatable bonds is 3. The fourth-order valence-corrected chi connectivity index (χ4v) is 3.74. The highest BCUT2D eigenvalue weighted by atomic mass is 79.9. The van der Waals surface area contributed by atoms with E-state index >= 15 is 0 Å². The van der Waals surface area contributed by atoms with Crippen molar-refractivity contribution in [3.05, 3.63) is 29.0 Å². The molecule has 0 atom stereocenters. The predicted molar refractivity (Wildman–Crippen MR) is 91.7 cm³/mol. The van der Waals surface area contributed by atoms with Gasteiger partial charge in [-0.05, 0) is 46.3 Å². The lowest BCUT2D eigenvalue weighted by Crippen LogP contribution is -2.39. The molecule has 0 amide bonds. The predicted octanol–water partition coefficient (Wildman–Crippen LogP) is 4.80. The molecular weight excluding hydrogens is 326 g/mol. The first-order chi connectivity index (χ1) is 10.2. The fourth-order valence-electron chi connectivity index (χ4n) is 3.43. The van der Waals surface area contributed by atoms with Crippen molar-refractivity contribution in [2.24, 2.45) is 5.41 Å². The average Bonchev–Trinajstić information content (AvgIpc) is 2.54. The molecule has 21 heavy (non-hydrogen) atoms. The molecule has 0 bridgehead atoms. The van der Waals surface area contributed by atoms with Crippen molar-refractivity contribution >= 4 is 32.7 Å². The largest absolute Gasteiger partial charge is 0.370 e. The summed E-state index contributed by atoms with van der Waals surface area (Å²) in [7, 11) is 0. The maximum atomic E-state index is 4.58. The van der Waals surface area contributed by atoms with Crippen LogP contribution in [0.15, 0.2) is 29.0 Å². The van der Waals surface area contributed by atoms with Gasteiger partial charge in [-0.1, -0.05) is 26.7 Å². The van der Waals surface area contributed by atoms with Gasteiger partial charge in [-0.2, -0.15) is 0 Å². The number of aromatic nitrogens is 2. The van der Waals surface area contributed by atoms with Gasteiger partial charge in [0.1, 0.15) is 5.52 Å². The van der Waals surface area contributed by atoms with Gasteiger partial charge in [-0.3, -0.25) is 9.97 Å². The Balaban J connectivity index is 1.89. The molecule has 3 heterocycles. The molecule has 2 aromatic rings. The minimum Gasteiger partial charge on any atom is -0.370 e. The molecule has 0 saturated carbocycles. The molecule has 0 aromatic carbocycles. The quantitative estimate of drug-likeness (QED) is 0.798. The van der Waals surface area contributed by atoms with Crippen molar-refractivity contribution in [3.63, 3.8) is 0 Å². The van der Waals surface area contributed by atoms with Gasteiger partial charge in [0.2, 0.25) is 0 Å². The van der Waals surface area contributed by atoms with E-state index in [4.69, 9.17) is 0 Å². The summed E-state index contributed by atoms with van der Waals surface area (Å²) in [5.41, 5.74) is 3.76. The SMILES string of the molecule is CCC1(CC)CCN(c2ccnc3cc(Br)cnc23)CC1. The third-order valence-electron chi connectivity index (χ3n) is 5.19. The smallest absolute Gasteiger partial charge is 0.112 e. The van der Waals surface area contributed by atoms with E-state index in [2.05, 4.69) is 50.7 Å². The number of nitrogens with zero attached hydrogens (tertiary/aromatic N) is 3. The monoisotopic (exact) mass is 347 g/mol. The van der Waals surface area contributed by atoms with Crippen LogP contribution in [0.2, 0.25) is 0 Å². The first-order valence-electron chi connectivity index (χ1n) is 7.83. The first kappa shape index (κ1) is 14.8. The van der Waals surface area contributed by atoms with Gasteiger partial charge in [-0.25, -0.2) is 0 Å². The Bertz CT molecular complexity index is 627. The third kappa shape index (κ3) is 2.78. The molecule has 0 unspecified atom stereocenters. The van der Waals surface area contributed by atoms with Crippen molar-refractivity contribution in [2.45, 2.75) is 39.5 Å². The Hall–Kier alpha value is -1.16. The highest BCUT2D eigenvalue weighted by Gasteiger charge is 2.31. The average molecular weight is 348 g/mol. The number of halogens is 1. The molecule has 3 nitrogen and oxygen atoms in total. The van der Waals surface area contributed by atoms with Gasteiger partial charge < -0.3 is 4.90 Å². The van der Waals surface area contributed by atoms with Crippen LogP contribution in [0, 0.1) is 5.41 Å². The van der Waals surface area contributed by atoms with Gasteiger partial charge in [0.15, 0.2) is 0 Å². The van der Waals surface area contributed by atoms with Gasteiger partial charge in [0.05, 0.1) is 11.2 Å². The molecule has 0 aliphatic carbocycles. The lowest BCUT2D eigenvalue weighted by molar-refractivity contribution is 0.200. The molecule has 0 radical (unpaired) electrons. The number of piperidine rings is 1. The van der Waals surface area contributed by atoms with Crippen LogP contribution in [0.25, 0.3) is 11.0 Å². The first-order valence-corrected chi connectivity index (χ1v) is 8.62. The van der Waals surface area contributed by atoms with E-state index in [0.717, 1.165) is 28.6 Å². The normalized spacial score (nSPS) is 18.1. The van der Waals surface area contributed by atoms with Crippen LogP contribution in [0.3, 0.4) is 0 Å². The summed E-state index contributed by atoms with van der Waals surface area (Å²) in [5.74, 6) is 0. The minimum absolute atomic E-state index is 0.551. The van der Waals surface area contributed by atoms with Crippen LogP contribution in [0.5, 0.6) is 0 Å². The van der Waals surface area contributed by atoms with Crippen LogP contribution in [0.4, 0.5) is 5.69 Å². The molecule has 1 fully saturated rings. The second-order valence-electron chi connectivity index (χ2n) is 6.05. The van der Waals surface area contributed by atoms with Crippen LogP contribution >= 0.6 is 15.9 Å². The van der Waals surface area contributed by atoms with Crippen molar-refractivity contribution in [2.75, 3.05) is 18.0 Å². The van der Waals surface area contributed by atoms with E-state index in [0.29, 0.717) is 5.41 Å². The summed E-state index contributed by atoms with van der Waals surface area (Å²) in [4.78, 5) is 11.5. The Morgan fingerprint density at radius 1 is 1.19 bits per heavy atom. The van der Waals surface area contributed by atoms with E-state index in [1.807, 2.05) is 18.5 Å². The maximum Gasteiger partial charge on any atom is 0.112 e. The second-order valence-corrected chi connectivity index (χ2v) is 6.96. The lowest BCUT2D eigenvalue weighted by Gasteiger charge is -2.42. The highest BCUT2D eigenvalue weighted by molar-refractivity contribution is 9.10. The van der Waals surface area contributed by atoms with Crippen molar-refractivity contribution in [1.29, 1.82) is 0 Å². The third-order valence-corrected chi connectivity index (χ3v) is 5.62. The molecule has 3 rings (SSSR count). The van der Waals surface area contributed by atoms with E-state index in [-0.39, 0.29) is 0 Å². The van der Waals surface area contributed by atoms with E-state index < -0.39 is 0 Å². The summed E-state index contributed by atoms with van der Waals surface area (Å²) in [6.07, 6.45) is 8.90. The van der Waals surface area contributed by atoms with Gasteiger partial charge in [0, 0.05) is 30.0 Å². The number of fused-ring (bicyclic) bond motifs is 1. The molecule has 112 valence electrons. The van der Waals surface area contributed by atoms with Gasteiger partial charge in [-0.15, -0.1) is 0 Å². The Morgan fingerprint density at radius 3 is 2.57 bits per heavy atom. The number of hydrogen-bond acceptors (Lipinski definition) is 3. The molecule has 1 aliphatic heterocycles. The molecule has 4 heteroatoms. The van der Waals surface area contributed by atoms with Crippen molar-refractivity contribution < 1.29 is 0 Å². The van der Waals surface area contributed by atoms with Crippen LogP contribution in [-0.4, -0.2) is 23.1 Å². The Kier molecular flexibility index (Phi) is 4.16. The zero-order chi connectivity index (χ0) is 14.9.